The molecule has 0 fully saturated rings. The first-order valence-electron chi connectivity index (χ1n) is 14.7. The normalized spacial score (nSPS) is 13.8. The molecule has 0 aliphatic heterocycles. The van der Waals surface area contributed by atoms with E-state index in [-0.39, 0.29) is 0 Å². The van der Waals surface area contributed by atoms with Crippen molar-refractivity contribution in [3.63, 3.8) is 0 Å². The largest absolute Gasteiger partial charge is 0.0914 e. The molecule has 0 nitrogen and oxygen atoms in total. The van der Waals surface area contributed by atoms with E-state index >= 15 is 0 Å². The molecule has 0 heterocycles. The number of rotatable bonds is 22. The number of unbranched alkanes of at least 4 members (excludes halogenated alkanes) is 12. The molecule has 0 radical (unpaired) electrons. The second-order valence-corrected chi connectivity index (χ2v) is 13.4. The Morgan fingerprint density at radius 3 is 1.61 bits per heavy atom. The standard InChI is InChI=1S/C32H56Si/c1-4-7-10-13-16-17-23-28-32(31-26-21-20-22-27-31)33(29-24-18-14-11-8-5-2)30-25-19-15-12-9-6-3/h18-22,24-27,32-33H,4-17,23,28-30H2,1-3H3. The van der Waals surface area contributed by atoms with Crippen molar-refractivity contribution in [2.45, 2.75) is 141 Å². The summed E-state index contributed by atoms with van der Waals surface area (Å²) in [5, 5.41) is 0. The molecule has 1 atom stereocenters. The predicted octanol–water partition coefficient (Wildman–Crippen LogP) is 11.0. The molecule has 0 spiro atoms. The summed E-state index contributed by atoms with van der Waals surface area (Å²) >= 11 is 0. The van der Waals surface area contributed by atoms with Crippen molar-refractivity contribution >= 4 is 8.80 Å². The zero-order valence-electron chi connectivity index (χ0n) is 22.6. The minimum atomic E-state index is -0.937. The van der Waals surface area contributed by atoms with E-state index < -0.39 is 8.80 Å². The quantitative estimate of drug-likeness (QED) is 0.0901. The van der Waals surface area contributed by atoms with Gasteiger partial charge in [-0.2, -0.15) is 0 Å². The molecule has 188 valence electrons. The summed E-state index contributed by atoms with van der Waals surface area (Å²) in [4.78, 5) is 0. The molecule has 0 amide bonds. The fourth-order valence-corrected chi connectivity index (χ4v) is 8.33. The van der Waals surface area contributed by atoms with E-state index in [9.17, 15) is 0 Å². The summed E-state index contributed by atoms with van der Waals surface area (Å²) < 4.78 is 0. The Labute approximate surface area is 210 Å². The maximum absolute atomic E-state index is 2.57. The van der Waals surface area contributed by atoms with Crippen LogP contribution in [0.15, 0.2) is 54.6 Å². The van der Waals surface area contributed by atoms with Crippen LogP contribution >= 0.6 is 0 Å². The van der Waals surface area contributed by atoms with Crippen molar-refractivity contribution in [3.05, 3.63) is 60.2 Å². The third-order valence-corrected chi connectivity index (χ3v) is 10.7. The molecule has 0 saturated heterocycles. The smallest absolute Gasteiger partial charge is 0.0523 e. The zero-order valence-corrected chi connectivity index (χ0v) is 23.7. The molecular formula is C32H56Si. The lowest BCUT2D eigenvalue weighted by atomic mass is 10.0. The van der Waals surface area contributed by atoms with Gasteiger partial charge < -0.3 is 0 Å². The topological polar surface area (TPSA) is 0 Å². The maximum Gasteiger partial charge on any atom is 0.0523 e. The highest BCUT2D eigenvalue weighted by atomic mass is 28.3. The monoisotopic (exact) mass is 468 g/mol. The van der Waals surface area contributed by atoms with E-state index in [0.717, 1.165) is 5.54 Å². The van der Waals surface area contributed by atoms with Gasteiger partial charge in [0.15, 0.2) is 0 Å². The van der Waals surface area contributed by atoms with Crippen LogP contribution in [-0.4, -0.2) is 8.80 Å². The van der Waals surface area contributed by atoms with Gasteiger partial charge in [0.25, 0.3) is 0 Å². The Morgan fingerprint density at radius 2 is 1.06 bits per heavy atom. The van der Waals surface area contributed by atoms with Gasteiger partial charge in [-0.15, -0.1) is 0 Å². The van der Waals surface area contributed by atoms with Gasteiger partial charge in [0, 0.05) is 0 Å². The lowest BCUT2D eigenvalue weighted by Crippen LogP contribution is -2.22. The molecule has 0 aliphatic rings. The van der Waals surface area contributed by atoms with Crippen LogP contribution in [0.1, 0.15) is 135 Å². The van der Waals surface area contributed by atoms with Gasteiger partial charge in [-0.3, -0.25) is 0 Å². The number of hydrogen-bond acceptors (Lipinski definition) is 0. The van der Waals surface area contributed by atoms with Gasteiger partial charge in [-0.25, -0.2) is 0 Å². The van der Waals surface area contributed by atoms with E-state index in [1.165, 1.54) is 115 Å². The lowest BCUT2D eigenvalue weighted by molar-refractivity contribution is 0.569. The van der Waals surface area contributed by atoms with E-state index in [1.807, 2.05) is 0 Å². The van der Waals surface area contributed by atoms with Crippen LogP contribution in [0, 0.1) is 0 Å². The van der Waals surface area contributed by atoms with Gasteiger partial charge in [0.05, 0.1) is 8.80 Å². The number of hydrogen-bond donors (Lipinski definition) is 0. The maximum atomic E-state index is 2.57. The average Bonchev–Trinajstić information content (AvgIpc) is 2.85. The molecule has 33 heavy (non-hydrogen) atoms. The Morgan fingerprint density at radius 1 is 0.576 bits per heavy atom. The van der Waals surface area contributed by atoms with Crippen molar-refractivity contribution in [2.24, 2.45) is 0 Å². The summed E-state index contributed by atoms with van der Waals surface area (Å²) in [6, 6.07) is 14.3. The number of allylic oxidation sites excluding steroid dienone is 4. The Bertz CT molecular complexity index is 551. The van der Waals surface area contributed by atoms with Crippen molar-refractivity contribution in [3.8, 4) is 0 Å². The molecule has 1 aromatic carbocycles. The van der Waals surface area contributed by atoms with E-state index in [2.05, 4.69) is 75.4 Å². The summed E-state index contributed by atoms with van der Waals surface area (Å²) in [5.41, 5.74) is 2.45. The van der Waals surface area contributed by atoms with E-state index in [1.54, 1.807) is 5.56 Å². The molecule has 0 aliphatic carbocycles. The van der Waals surface area contributed by atoms with Crippen molar-refractivity contribution in [1.82, 2.24) is 0 Å². The van der Waals surface area contributed by atoms with Crippen LogP contribution in [0.4, 0.5) is 0 Å². The lowest BCUT2D eigenvalue weighted by Gasteiger charge is -2.25. The fourth-order valence-electron chi connectivity index (χ4n) is 4.92. The molecule has 0 aromatic heterocycles. The van der Waals surface area contributed by atoms with Gasteiger partial charge in [0.1, 0.15) is 0 Å². The summed E-state index contributed by atoms with van der Waals surface area (Å²) in [7, 11) is -0.937. The summed E-state index contributed by atoms with van der Waals surface area (Å²) in [6.45, 7) is 6.91. The zero-order chi connectivity index (χ0) is 23.8. The second kappa shape index (κ2) is 22.7. The van der Waals surface area contributed by atoms with Crippen LogP contribution in [0.25, 0.3) is 0 Å². The first kappa shape index (κ1) is 29.9. The molecule has 1 heteroatoms. The van der Waals surface area contributed by atoms with E-state index in [0.29, 0.717) is 0 Å². The van der Waals surface area contributed by atoms with Crippen molar-refractivity contribution in [1.29, 1.82) is 0 Å². The summed E-state index contributed by atoms with van der Waals surface area (Å²) in [5.74, 6) is 0. The molecule has 1 unspecified atom stereocenters. The first-order chi connectivity index (χ1) is 16.3. The predicted molar refractivity (Wildman–Crippen MR) is 155 cm³/mol. The Hall–Kier alpha value is -1.08. The molecule has 0 N–H and O–H groups in total. The highest BCUT2D eigenvalue weighted by Gasteiger charge is 2.22. The van der Waals surface area contributed by atoms with Crippen molar-refractivity contribution < 1.29 is 0 Å². The molecule has 0 bridgehead atoms. The average molecular weight is 469 g/mol. The molecule has 1 rings (SSSR count). The van der Waals surface area contributed by atoms with Gasteiger partial charge in [-0.05, 0) is 55.3 Å². The van der Waals surface area contributed by atoms with Crippen LogP contribution < -0.4 is 0 Å². The van der Waals surface area contributed by atoms with Gasteiger partial charge >= 0.3 is 0 Å². The fraction of sp³-hybridized carbons (Fsp3) is 0.688. The third-order valence-electron chi connectivity index (χ3n) is 7.08. The first-order valence-corrected chi connectivity index (χ1v) is 17.0. The molecular weight excluding hydrogens is 412 g/mol. The van der Waals surface area contributed by atoms with Crippen LogP contribution in [-0.2, 0) is 0 Å². The van der Waals surface area contributed by atoms with Crippen LogP contribution in [0.2, 0.25) is 12.1 Å². The van der Waals surface area contributed by atoms with Gasteiger partial charge in [0.2, 0.25) is 0 Å². The van der Waals surface area contributed by atoms with Crippen LogP contribution in [0.3, 0.4) is 0 Å². The molecule has 1 aromatic rings. The second-order valence-electron chi connectivity index (χ2n) is 10.1. The Balaban J connectivity index is 2.74. The van der Waals surface area contributed by atoms with Crippen LogP contribution in [0.5, 0.6) is 0 Å². The van der Waals surface area contributed by atoms with E-state index in [4.69, 9.17) is 0 Å². The SMILES string of the molecule is CCCCCC=CC[SiH](CC=CCCCCC)C(CCCCCCCCC)c1ccccc1. The molecule has 0 saturated carbocycles. The highest BCUT2D eigenvalue weighted by Crippen LogP contribution is 2.30. The highest BCUT2D eigenvalue weighted by molar-refractivity contribution is 6.61. The summed E-state index contributed by atoms with van der Waals surface area (Å²) in [6.07, 6.45) is 32.1. The number of benzene rings is 1. The third kappa shape index (κ3) is 16.2. The Kier molecular flexibility index (Phi) is 20.6. The van der Waals surface area contributed by atoms with Gasteiger partial charge in [-0.1, -0.05) is 146 Å². The minimum absolute atomic E-state index is 0.822. The minimum Gasteiger partial charge on any atom is -0.0914 e. The van der Waals surface area contributed by atoms with Crippen molar-refractivity contribution in [2.75, 3.05) is 0 Å².